The van der Waals surface area contributed by atoms with Crippen molar-refractivity contribution in [2.75, 3.05) is 24.8 Å². The van der Waals surface area contributed by atoms with Crippen LogP contribution >= 0.6 is 11.6 Å². The van der Waals surface area contributed by atoms with Crippen molar-refractivity contribution in [2.24, 2.45) is 0 Å². The number of hydrogen-bond acceptors (Lipinski definition) is 4. The summed E-state index contributed by atoms with van der Waals surface area (Å²) >= 11 is 6.01. The van der Waals surface area contributed by atoms with E-state index in [0.29, 0.717) is 23.1 Å². The summed E-state index contributed by atoms with van der Waals surface area (Å²) in [6.45, 7) is 2.73. The first-order valence-corrected chi connectivity index (χ1v) is 7.14. The summed E-state index contributed by atoms with van der Waals surface area (Å²) in [4.78, 5) is 0. The number of methoxy groups -OCH3 is 1. The molecule has 0 atom stereocenters. The second-order valence-electron chi connectivity index (χ2n) is 4.61. The molecule has 2 aromatic carbocycles. The van der Waals surface area contributed by atoms with Gasteiger partial charge in [0.05, 0.1) is 18.7 Å². The van der Waals surface area contributed by atoms with Crippen LogP contribution in [0.25, 0.3) is 0 Å². The molecule has 0 amide bonds. The Bertz CT molecular complexity index is 617. The van der Waals surface area contributed by atoms with Crippen LogP contribution in [0.1, 0.15) is 13.3 Å². The quantitative estimate of drug-likeness (QED) is 0.773. The topological polar surface area (TPSA) is 56.5 Å². The van der Waals surface area contributed by atoms with Gasteiger partial charge in [0.2, 0.25) is 0 Å². The highest BCUT2D eigenvalue weighted by Gasteiger charge is 2.04. The smallest absolute Gasteiger partial charge is 0.139 e. The molecule has 5 heteroatoms. The third kappa shape index (κ3) is 4.20. The van der Waals surface area contributed by atoms with Crippen LogP contribution in [0.2, 0.25) is 5.02 Å². The van der Waals surface area contributed by atoms with Crippen LogP contribution in [-0.2, 0) is 0 Å². The fourth-order valence-corrected chi connectivity index (χ4v) is 2.10. The molecule has 0 aromatic heterocycles. The summed E-state index contributed by atoms with van der Waals surface area (Å²) in [5.74, 6) is 1.37. The van der Waals surface area contributed by atoms with E-state index in [9.17, 15) is 0 Å². The molecule has 0 fully saturated rings. The van der Waals surface area contributed by atoms with Crippen molar-refractivity contribution in [2.45, 2.75) is 13.3 Å². The third-order valence-corrected chi connectivity index (χ3v) is 3.15. The van der Waals surface area contributed by atoms with Crippen molar-refractivity contribution >= 4 is 28.7 Å². The van der Waals surface area contributed by atoms with E-state index in [1.807, 2.05) is 30.3 Å². The highest BCUT2D eigenvalue weighted by Crippen LogP contribution is 2.30. The molecule has 0 saturated carbocycles. The van der Waals surface area contributed by atoms with Gasteiger partial charge in [-0.1, -0.05) is 18.5 Å². The second-order valence-corrected chi connectivity index (χ2v) is 5.02. The van der Waals surface area contributed by atoms with Crippen LogP contribution in [-0.4, -0.2) is 13.7 Å². The molecular weight excluding hydrogens is 288 g/mol. The summed E-state index contributed by atoms with van der Waals surface area (Å²) < 4.78 is 10.8. The fraction of sp³-hybridized carbons (Fsp3) is 0.250. The predicted octanol–water partition coefficient (Wildman–Crippen LogP) is 4.46. The summed E-state index contributed by atoms with van der Waals surface area (Å²) in [6.07, 6.45) is 0.950. The second kappa shape index (κ2) is 7.09. The molecule has 0 bridgehead atoms. The number of anilines is 3. The van der Waals surface area contributed by atoms with Gasteiger partial charge < -0.3 is 20.5 Å². The van der Waals surface area contributed by atoms with E-state index in [2.05, 4.69) is 12.2 Å². The van der Waals surface area contributed by atoms with Gasteiger partial charge in [-0.3, -0.25) is 0 Å². The van der Waals surface area contributed by atoms with Crippen molar-refractivity contribution < 1.29 is 9.47 Å². The molecule has 4 nitrogen and oxygen atoms in total. The zero-order valence-electron chi connectivity index (χ0n) is 12.2. The maximum Gasteiger partial charge on any atom is 0.139 e. The predicted molar refractivity (Wildman–Crippen MR) is 87.9 cm³/mol. The monoisotopic (exact) mass is 306 g/mol. The molecule has 0 aliphatic carbocycles. The first-order valence-electron chi connectivity index (χ1n) is 6.76. The first kappa shape index (κ1) is 15.3. The van der Waals surface area contributed by atoms with Gasteiger partial charge in [-0.05, 0) is 24.6 Å². The average Bonchev–Trinajstić information content (AvgIpc) is 2.46. The molecule has 3 N–H and O–H groups in total. The van der Waals surface area contributed by atoms with E-state index >= 15 is 0 Å². The van der Waals surface area contributed by atoms with Gasteiger partial charge in [-0.25, -0.2) is 0 Å². The van der Waals surface area contributed by atoms with E-state index in [1.165, 1.54) is 0 Å². The Hall–Kier alpha value is -2.07. The first-order chi connectivity index (χ1) is 10.1. The van der Waals surface area contributed by atoms with Crippen molar-refractivity contribution in [3.05, 3.63) is 41.4 Å². The molecule has 0 aliphatic rings. The number of nitrogen functional groups attached to an aromatic ring is 1. The van der Waals surface area contributed by atoms with Crippen molar-refractivity contribution in [3.8, 4) is 11.5 Å². The Kier molecular flexibility index (Phi) is 5.17. The standard InChI is InChI=1S/C16H19ClN2O2/c1-3-6-21-14-8-11(18)7-13(9-14)19-12-4-5-15(17)16(10-12)20-2/h4-5,7-10,19H,3,6,18H2,1-2H3. The number of halogens is 1. The highest BCUT2D eigenvalue weighted by molar-refractivity contribution is 6.32. The molecule has 0 aliphatic heterocycles. The van der Waals surface area contributed by atoms with E-state index in [-0.39, 0.29) is 0 Å². The van der Waals surface area contributed by atoms with Gasteiger partial charge in [-0.15, -0.1) is 0 Å². The molecule has 2 rings (SSSR count). The molecular formula is C16H19ClN2O2. The third-order valence-electron chi connectivity index (χ3n) is 2.84. The maximum absolute atomic E-state index is 6.01. The fourth-order valence-electron chi connectivity index (χ4n) is 1.90. The summed E-state index contributed by atoms with van der Waals surface area (Å²) in [7, 11) is 1.59. The Labute approximate surface area is 129 Å². The number of ether oxygens (including phenoxy) is 2. The number of rotatable bonds is 6. The van der Waals surface area contributed by atoms with Crippen LogP contribution in [0.4, 0.5) is 17.1 Å². The van der Waals surface area contributed by atoms with E-state index in [4.69, 9.17) is 26.8 Å². The maximum atomic E-state index is 6.01. The molecule has 0 unspecified atom stereocenters. The number of nitrogens with two attached hydrogens (primary N) is 1. The van der Waals surface area contributed by atoms with Gasteiger partial charge in [0.25, 0.3) is 0 Å². The van der Waals surface area contributed by atoms with Crippen molar-refractivity contribution in [1.29, 1.82) is 0 Å². The van der Waals surface area contributed by atoms with Gasteiger partial charge in [-0.2, -0.15) is 0 Å². The van der Waals surface area contributed by atoms with Crippen LogP contribution in [0, 0.1) is 0 Å². The molecule has 112 valence electrons. The Morgan fingerprint density at radius 2 is 1.95 bits per heavy atom. The van der Waals surface area contributed by atoms with Gasteiger partial charge in [0.15, 0.2) is 0 Å². The van der Waals surface area contributed by atoms with Gasteiger partial charge in [0.1, 0.15) is 11.5 Å². The normalized spacial score (nSPS) is 10.2. The Morgan fingerprint density at radius 3 is 2.67 bits per heavy atom. The summed E-state index contributed by atoms with van der Waals surface area (Å²) in [5, 5.41) is 3.84. The highest BCUT2D eigenvalue weighted by atomic mass is 35.5. The van der Waals surface area contributed by atoms with Crippen LogP contribution in [0.3, 0.4) is 0 Å². The zero-order valence-corrected chi connectivity index (χ0v) is 12.9. The minimum atomic E-state index is 0.572. The molecule has 2 aromatic rings. The molecule has 21 heavy (non-hydrogen) atoms. The molecule has 0 spiro atoms. The molecule has 0 saturated heterocycles. The largest absolute Gasteiger partial charge is 0.495 e. The summed E-state index contributed by atoms with van der Waals surface area (Å²) in [6, 6.07) is 11.1. The van der Waals surface area contributed by atoms with E-state index in [0.717, 1.165) is 23.5 Å². The minimum Gasteiger partial charge on any atom is -0.495 e. The SMILES string of the molecule is CCCOc1cc(N)cc(Nc2ccc(Cl)c(OC)c2)c1. The number of hydrogen-bond donors (Lipinski definition) is 2. The lowest BCUT2D eigenvalue weighted by Gasteiger charge is -2.12. The Morgan fingerprint density at radius 1 is 1.14 bits per heavy atom. The lowest BCUT2D eigenvalue weighted by atomic mass is 10.2. The number of nitrogens with one attached hydrogen (secondary N) is 1. The molecule has 0 radical (unpaired) electrons. The van der Waals surface area contributed by atoms with Crippen LogP contribution < -0.4 is 20.5 Å². The van der Waals surface area contributed by atoms with Crippen molar-refractivity contribution in [1.82, 2.24) is 0 Å². The lowest BCUT2D eigenvalue weighted by molar-refractivity contribution is 0.318. The van der Waals surface area contributed by atoms with E-state index < -0.39 is 0 Å². The van der Waals surface area contributed by atoms with E-state index in [1.54, 1.807) is 13.2 Å². The molecule has 0 heterocycles. The number of benzene rings is 2. The summed E-state index contributed by atoms with van der Waals surface area (Å²) in [5.41, 5.74) is 8.26. The Balaban J connectivity index is 2.20. The van der Waals surface area contributed by atoms with Crippen molar-refractivity contribution in [3.63, 3.8) is 0 Å². The minimum absolute atomic E-state index is 0.572. The van der Waals surface area contributed by atoms with Crippen LogP contribution in [0.15, 0.2) is 36.4 Å². The lowest BCUT2D eigenvalue weighted by Crippen LogP contribution is -1.98. The van der Waals surface area contributed by atoms with Gasteiger partial charge in [0, 0.05) is 35.3 Å². The van der Waals surface area contributed by atoms with Gasteiger partial charge >= 0.3 is 0 Å². The zero-order chi connectivity index (χ0) is 15.2. The van der Waals surface area contributed by atoms with Crippen LogP contribution in [0.5, 0.6) is 11.5 Å². The average molecular weight is 307 g/mol.